The van der Waals surface area contributed by atoms with Gasteiger partial charge in [0.2, 0.25) is 0 Å². The van der Waals surface area contributed by atoms with Crippen LogP contribution in [0, 0.1) is 0 Å². The van der Waals surface area contributed by atoms with Gasteiger partial charge in [-0.15, -0.1) is 22.7 Å². The second-order valence-electron chi connectivity index (χ2n) is 5.27. The van der Waals surface area contributed by atoms with Gasteiger partial charge in [-0.1, -0.05) is 13.0 Å². The zero-order chi connectivity index (χ0) is 14.9. The molecule has 0 aromatic carbocycles. The molecule has 21 heavy (non-hydrogen) atoms. The topological polar surface area (TPSA) is 37.4 Å². The van der Waals surface area contributed by atoms with Crippen LogP contribution >= 0.6 is 22.7 Å². The van der Waals surface area contributed by atoms with Gasteiger partial charge >= 0.3 is 0 Å². The molecule has 0 bridgehead atoms. The first-order chi connectivity index (χ1) is 10.1. The van der Waals surface area contributed by atoms with Gasteiger partial charge in [-0.25, -0.2) is 8.42 Å². The highest BCUT2D eigenvalue weighted by molar-refractivity contribution is 7.91. The van der Waals surface area contributed by atoms with Crippen LogP contribution in [-0.2, 0) is 16.4 Å². The first-order valence-electron chi connectivity index (χ1n) is 7.23. The van der Waals surface area contributed by atoms with E-state index in [1.54, 1.807) is 21.7 Å². The van der Waals surface area contributed by atoms with Crippen LogP contribution in [0.4, 0.5) is 0 Å². The third kappa shape index (κ3) is 3.08. The highest BCUT2D eigenvalue weighted by Gasteiger charge is 2.31. The number of piperidine rings is 1. The lowest BCUT2D eigenvalue weighted by atomic mass is 9.97. The van der Waals surface area contributed by atoms with E-state index in [1.165, 1.54) is 16.2 Å². The fraction of sp³-hybridized carbons (Fsp3) is 0.467. The first kappa shape index (κ1) is 15.2. The zero-order valence-electron chi connectivity index (χ0n) is 12.0. The van der Waals surface area contributed by atoms with E-state index in [2.05, 4.69) is 24.4 Å². The summed E-state index contributed by atoms with van der Waals surface area (Å²) in [6.07, 6.45) is 2.73. The summed E-state index contributed by atoms with van der Waals surface area (Å²) in [7, 11) is -3.29. The largest absolute Gasteiger partial charge is 0.252 e. The van der Waals surface area contributed by atoms with E-state index in [0.717, 1.165) is 24.1 Å². The van der Waals surface area contributed by atoms with Gasteiger partial charge in [0, 0.05) is 22.8 Å². The summed E-state index contributed by atoms with van der Waals surface area (Å²) in [5, 5.41) is 2.09. The number of aryl methyl sites for hydroxylation is 1. The second kappa shape index (κ2) is 6.20. The number of hydrogen-bond acceptors (Lipinski definition) is 4. The van der Waals surface area contributed by atoms with Crippen LogP contribution in [0.2, 0.25) is 0 Å². The lowest BCUT2D eigenvalue weighted by Gasteiger charge is -2.30. The van der Waals surface area contributed by atoms with Crippen molar-refractivity contribution >= 4 is 32.7 Å². The maximum atomic E-state index is 12.6. The Morgan fingerprint density at radius 1 is 1.24 bits per heavy atom. The average Bonchev–Trinajstić information content (AvgIpc) is 3.19. The van der Waals surface area contributed by atoms with Gasteiger partial charge in [-0.2, -0.15) is 4.31 Å². The fourth-order valence-corrected chi connectivity index (χ4v) is 6.54. The summed E-state index contributed by atoms with van der Waals surface area (Å²) in [5.74, 6) is 0.519. The van der Waals surface area contributed by atoms with Gasteiger partial charge in [-0.3, -0.25) is 0 Å². The van der Waals surface area contributed by atoms with Crippen molar-refractivity contribution in [1.82, 2.24) is 4.31 Å². The number of thiophene rings is 2. The van der Waals surface area contributed by atoms with E-state index in [4.69, 9.17) is 0 Å². The van der Waals surface area contributed by atoms with E-state index in [-0.39, 0.29) is 0 Å². The molecule has 0 unspecified atom stereocenters. The number of nitrogens with zero attached hydrogens (tertiary/aromatic N) is 1. The minimum Gasteiger partial charge on any atom is -0.206 e. The zero-order valence-corrected chi connectivity index (χ0v) is 14.4. The normalized spacial score (nSPS) is 18.1. The van der Waals surface area contributed by atoms with Crippen molar-refractivity contribution in [3.63, 3.8) is 0 Å². The summed E-state index contributed by atoms with van der Waals surface area (Å²) >= 11 is 3.18. The summed E-state index contributed by atoms with van der Waals surface area (Å²) in [6, 6.07) is 7.91. The molecule has 3 heterocycles. The molecule has 3 rings (SSSR count). The van der Waals surface area contributed by atoms with Crippen molar-refractivity contribution in [2.45, 2.75) is 36.3 Å². The highest BCUT2D eigenvalue weighted by atomic mass is 32.2. The molecule has 0 radical (unpaired) electrons. The molecule has 1 aliphatic heterocycles. The molecule has 6 heteroatoms. The molecule has 0 atom stereocenters. The van der Waals surface area contributed by atoms with Crippen molar-refractivity contribution in [2.75, 3.05) is 13.1 Å². The molecule has 0 N–H and O–H groups in total. The van der Waals surface area contributed by atoms with Crippen molar-refractivity contribution in [1.29, 1.82) is 0 Å². The van der Waals surface area contributed by atoms with Gasteiger partial charge in [-0.05, 0) is 48.8 Å². The van der Waals surface area contributed by atoms with Crippen LogP contribution in [0.25, 0.3) is 0 Å². The summed E-state index contributed by atoms with van der Waals surface area (Å²) in [4.78, 5) is 2.51. The second-order valence-corrected chi connectivity index (χ2v) is 9.58. The van der Waals surface area contributed by atoms with Gasteiger partial charge in [0.25, 0.3) is 10.0 Å². The smallest absolute Gasteiger partial charge is 0.206 e. The predicted octanol–water partition coefficient (Wildman–Crippen LogP) is 3.94. The molecule has 1 fully saturated rings. The Morgan fingerprint density at radius 2 is 2.00 bits per heavy atom. The molecule has 1 aliphatic rings. The number of rotatable bonds is 4. The molecule has 0 aliphatic carbocycles. The Morgan fingerprint density at radius 3 is 2.57 bits per heavy atom. The Balaban J connectivity index is 1.71. The minimum atomic E-state index is -3.29. The molecular formula is C15H19NO2S3. The number of sulfonamides is 1. The molecule has 114 valence electrons. The van der Waals surface area contributed by atoms with Crippen molar-refractivity contribution in [2.24, 2.45) is 0 Å². The molecule has 0 saturated carbocycles. The SMILES string of the molecule is CCc1ccc(S(=O)(=O)N2CCC(c3cccs3)CC2)s1. The van der Waals surface area contributed by atoms with Gasteiger partial charge in [0.15, 0.2) is 0 Å². The predicted molar refractivity (Wildman–Crippen MR) is 88.7 cm³/mol. The molecule has 2 aromatic heterocycles. The lowest BCUT2D eigenvalue weighted by molar-refractivity contribution is 0.322. The Bertz CT molecular complexity index is 680. The Hall–Kier alpha value is -0.690. The van der Waals surface area contributed by atoms with Gasteiger partial charge in [0.05, 0.1) is 0 Å². The van der Waals surface area contributed by atoms with E-state index in [1.807, 2.05) is 6.07 Å². The molecule has 2 aromatic rings. The average molecular weight is 342 g/mol. The van der Waals surface area contributed by atoms with E-state index < -0.39 is 10.0 Å². The summed E-state index contributed by atoms with van der Waals surface area (Å²) in [5.41, 5.74) is 0. The van der Waals surface area contributed by atoms with Crippen LogP contribution in [0.5, 0.6) is 0 Å². The standard InChI is InChI=1S/C15H19NO2S3/c1-2-13-5-6-15(20-13)21(17,18)16-9-7-12(8-10-16)14-4-3-11-19-14/h3-6,11-12H,2,7-10H2,1H3. The van der Waals surface area contributed by atoms with Crippen LogP contribution in [0.1, 0.15) is 35.4 Å². The Labute approximate surface area is 134 Å². The van der Waals surface area contributed by atoms with E-state index in [0.29, 0.717) is 23.2 Å². The van der Waals surface area contributed by atoms with Crippen molar-refractivity contribution in [3.05, 3.63) is 39.4 Å². The fourth-order valence-electron chi connectivity index (χ4n) is 2.72. The third-order valence-electron chi connectivity index (χ3n) is 3.98. The van der Waals surface area contributed by atoms with E-state index in [9.17, 15) is 8.42 Å². The number of hydrogen-bond donors (Lipinski definition) is 0. The maximum absolute atomic E-state index is 12.6. The third-order valence-corrected chi connectivity index (χ3v) is 8.61. The summed E-state index contributed by atoms with van der Waals surface area (Å²) < 4.78 is 27.4. The van der Waals surface area contributed by atoms with Crippen molar-refractivity contribution < 1.29 is 8.42 Å². The molecule has 0 amide bonds. The van der Waals surface area contributed by atoms with Crippen LogP contribution in [0.3, 0.4) is 0 Å². The van der Waals surface area contributed by atoms with Crippen LogP contribution in [-0.4, -0.2) is 25.8 Å². The van der Waals surface area contributed by atoms with Crippen LogP contribution < -0.4 is 0 Å². The maximum Gasteiger partial charge on any atom is 0.252 e. The first-order valence-corrected chi connectivity index (χ1v) is 10.4. The lowest BCUT2D eigenvalue weighted by Crippen LogP contribution is -2.37. The molecular weight excluding hydrogens is 322 g/mol. The molecule has 0 spiro atoms. The highest BCUT2D eigenvalue weighted by Crippen LogP contribution is 2.34. The van der Waals surface area contributed by atoms with Crippen molar-refractivity contribution in [3.8, 4) is 0 Å². The molecule has 1 saturated heterocycles. The molecule has 3 nitrogen and oxygen atoms in total. The van der Waals surface area contributed by atoms with Crippen LogP contribution in [0.15, 0.2) is 33.9 Å². The summed E-state index contributed by atoms with van der Waals surface area (Å²) in [6.45, 7) is 3.31. The Kier molecular flexibility index (Phi) is 4.49. The van der Waals surface area contributed by atoms with Gasteiger partial charge in [0.1, 0.15) is 4.21 Å². The quantitative estimate of drug-likeness (QED) is 0.845. The minimum absolute atomic E-state index is 0.494. The van der Waals surface area contributed by atoms with E-state index >= 15 is 0 Å². The monoisotopic (exact) mass is 341 g/mol. The van der Waals surface area contributed by atoms with Gasteiger partial charge < -0.3 is 0 Å².